The summed E-state index contributed by atoms with van der Waals surface area (Å²) >= 11 is 0. The molecule has 140 valence electrons. The summed E-state index contributed by atoms with van der Waals surface area (Å²) in [6.45, 7) is 0.665. The van der Waals surface area contributed by atoms with Crippen LogP contribution in [0, 0.1) is 32.1 Å². The minimum absolute atomic E-state index is 0.0758. The normalized spacial score (nSPS) is 13.1. The van der Waals surface area contributed by atoms with Crippen LogP contribution < -0.4 is 0 Å². The predicted octanol–water partition coefficient (Wildman–Crippen LogP) is 3.33. The van der Waals surface area contributed by atoms with Gasteiger partial charge in [-0.15, -0.1) is 0 Å². The van der Waals surface area contributed by atoms with Crippen molar-refractivity contribution in [1.82, 2.24) is 4.90 Å². The molecule has 8 heteroatoms. The number of benzene rings is 2. The van der Waals surface area contributed by atoms with Gasteiger partial charge in [-0.1, -0.05) is 36.1 Å². The Bertz CT molecular complexity index is 1000. The van der Waals surface area contributed by atoms with E-state index in [1.54, 1.807) is 0 Å². The maximum absolute atomic E-state index is 12.7. The molecule has 0 saturated carbocycles. The van der Waals surface area contributed by atoms with Crippen LogP contribution in [0.25, 0.3) is 0 Å². The lowest BCUT2D eigenvalue weighted by Crippen LogP contribution is -2.34. The summed E-state index contributed by atoms with van der Waals surface area (Å²) in [6.07, 6.45) is 2.37. The fourth-order valence-electron chi connectivity index (χ4n) is 2.75. The van der Waals surface area contributed by atoms with Crippen LogP contribution >= 0.6 is 0 Å². The van der Waals surface area contributed by atoms with Gasteiger partial charge in [0.2, 0.25) is 0 Å². The molecule has 1 amide bonds. The van der Waals surface area contributed by atoms with Crippen LogP contribution in [0.1, 0.15) is 22.3 Å². The molecule has 0 fully saturated rings. The maximum Gasteiger partial charge on any atom is 0.277 e. The van der Waals surface area contributed by atoms with Crippen molar-refractivity contribution in [1.29, 1.82) is 0 Å². The lowest BCUT2D eigenvalue weighted by atomic mass is 10.1. The first-order chi connectivity index (χ1) is 13.4. The van der Waals surface area contributed by atoms with Crippen LogP contribution in [0.15, 0.2) is 60.2 Å². The number of carbonyl (C=O) groups excluding carboxylic acids is 1. The largest absolute Gasteiger partial charge is 0.335 e. The number of hydrogen-bond acceptors (Lipinski definition) is 5. The molecule has 1 aliphatic rings. The van der Waals surface area contributed by atoms with Crippen molar-refractivity contribution in [3.63, 3.8) is 0 Å². The van der Waals surface area contributed by atoms with Gasteiger partial charge < -0.3 is 4.90 Å². The zero-order valence-corrected chi connectivity index (χ0v) is 14.7. The van der Waals surface area contributed by atoms with Crippen molar-refractivity contribution >= 4 is 17.3 Å². The predicted molar refractivity (Wildman–Crippen MR) is 102 cm³/mol. The number of non-ortho nitro benzene ring substituents is 2. The van der Waals surface area contributed by atoms with E-state index in [0.717, 1.165) is 29.3 Å². The number of nitrogens with zero attached hydrogens (tertiary/aromatic N) is 3. The number of nitro groups is 2. The van der Waals surface area contributed by atoms with Crippen LogP contribution in [0.5, 0.6) is 0 Å². The van der Waals surface area contributed by atoms with Gasteiger partial charge in [0, 0.05) is 36.4 Å². The topological polar surface area (TPSA) is 107 Å². The Hall–Kier alpha value is -3.99. The standard InChI is InChI=1S/C20H15N3O5/c24-20(17-12-18(22(25)26)14-19(13-17)23(27)28)21-10-8-16(9-11-21)7-6-15-4-2-1-3-5-15/h1-5,8,12-14H,9-11H2. The number of amides is 1. The van der Waals surface area contributed by atoms with Gasteiger partial charge >= 0.3 is 0 Å². The molecular formula is C20H15N3O5. The molecule has 3 rings (SSSR count). The van der Waals surface area contributed by atoms with Gasteiger partial charge in [-0.2, -0.15) is 0 Å². The van der Waals surface area contributed by atoms with Gasteiger partial charge in [0.15, 0.2) is 0 Å². The van der Waals surface area contributed by atoms with Crippen LogP contribution in [-0.2, 0) is 0 Å². The molecule has 28 heavy (non-hydrogen) atoms. The van der Waals surface area contributed by atoms with Gasteiger partial charge in [0.05, 0.1) is 21.5 Å². The van der Waals surface area contributed by atoms with Gasteiger partial charge in [-0.25, -0.2) is 0 Å². The molecule has 0 atom stereocenters. The Kier molecular flexibility index (Phi) is 5.46. The van der Waals surface area contributed by atoms with E-state index in [4.69, 9.17) is 0 Å². The molecule has 1 aliphatic heterocycles. The third kappa shape index (κ3) is 4.40. The van der Waals surface area contributed by atoms with E-state index in [9.17, 15) is 25.0 Å². The summed E-state index contributed by atoms with van der Waals surface area (Å²) in [5.41, 5.74) is 0.746. The molecule has 0 bridgehead atoms. The first-order valence-electron chi connectivity index (χ1n) is 8.43. The summed E-state index contributed by atoms with van der Waals surface area (Å²) in [6, 6.07) is 12.5. The highest BCUT2D eigenvalue weighted by Gasteiger charge is 2.24. The van der Waals surface area contributed by atoms with Crippen molar-refractivity contribution < 1.29 is 14.6 Å². The monoisotopic (exact) mass is 377 g/mol. The zero-order chi connectivity index (χ0) is 20.1. The van der Waals surface area contributed by atoms with Crippen LogP contribution in [0.4, 0.5) is 11.4 Å². The average molecular weight is 377 g/mol. The first-order valence-corrected chi connectivity index (χ1v) is 8.43. The second-order valence-electron chi connectivity index (χ2n) is 6.10. The van der Waals surface area contributed by atoms with Crippen molar-refractivity contribution in [2.75, 3.05) is 13.1 Å². The van der Waals surface area contributed by atoms with Crippen molar-refractivity contribution in [2.45, 2.75) is 6.42 Å². The highest BCUT2D eigenvalue weighted by atomic mass is 16.6. The lowest BCUT2D eigenvalue weighted by molar-refractivity contribution is -0.394. The molecule has 8 nitrogen and oxygen atoms in total. The molecule has 1 heterocycles. The van der Waals surface area contributed by atoms with Gasteiger partial charge in [0.1, 0.15) is 0 Å². The number of carbonyl (C=O) groups is 1. The maximum atomic E-state index is 12.7. The second kappa shape index (κ2) is 8.14. The summed E-state index contributed by atoms with van der Waals surface area (Å²) < 4.78 is 0. The van der Waals surface area contributed by atoms with Crippen LogP contribution in [0.2, 0.25) is 0 Å². The molecule has 0 spiro atoms. The van der Waals surface area contributed by atoms with Crippen molar-refractivity contribution in [3.8, 4) is 11.8 Å². The van der Waals surface area contributed by atoms with Crippen molar-refractivity contribution in [3.05, 3.63) is 91.5 Å². The molecular weight excluding hydrogens is 362 g/mol. The Morgan fingerprint density at radius 1 is 0.964 bits per heavy atom. The van der Waals surface area contributed by atoms with E-state index in [1.165, 1.54) is 4.90 Å². The lowest BCUT2D eigenvalue weighted by Gasteiger charge is -2.25. The molecule has 2 aromatic carbocycles. The minimum Gasteiger partial charge on any atom is -0.335 e. The Balaban J connectivity index is 1.76. The molecule has 2 aromatic rings. The number of nitro benzene ring substituents is 2. The Morgan fingerprint density at radius 3 is 2.14 bits per heavy atom. The summed E-state index contributed by atoms with van der Waals surface area (Å²) in [5.74, 6) is 5.65. The van der Waals surface area contributed by atoms with Crippen molar-refractivity contribution in [2.24, 2.45) is 0 Å². The molecule has 0 radical (unpaired) electrons. The number of hydrogen-bond donors (Lipinski definition) is 0. The first kappa shape index (κ1) is 18.8. The Morgan fingerprint density at radius 2 is 1.61 bits per heavy atom. The summed E-state index contributed by atoms with van der Waals surface area (Å²) in [5, 5.41) is 22.0. The summed E-state index contributed by atoms with van der Waals surface area (Å²) in [7, 11) is 0. The van der Waals surface area contributed by atoms with Crippen LogP contribution in [-0.4, -0.2) is 33.7 Å². The third-order valence-electron chi connectivity index (χ3n) is 4.21. The van der Waals surface area contributed by atoms with Gasteiger partial charge in [-0.3, -0.25) is 25.0 Å². The van der Waals surface area contributed by atoms with Crippen LogP contribution in [0.3, 0.4) is 0 Å². The fourth-order valence-corrected chi connectivity index (χ4v) is 2.75. The van der Waals surface area contributed by atoms with E-state index in [1.807, 2.05) is 36.4 Å². The Labute approximate surface area is 160 Å². The number of rotatable bonds is 3. The molecule has 0 aliphatic carbocycles. The van der Waals surface area contributed by atoms with Gasteiger partial charge in [-0.05, 0) is 18.6 Å². The van der Waals surface area contributed by atoms with E-state index in [0.29, 0.717) is 13.0 Å². The highest BCUT2D eigenvalue weighted by Crippen LogP contribution is 2.24. The van der Waals surface area contributed by atoms with Gasteiger partial charge in [0.25, 0.3) is 17.3 Å². The molecule has 0 aromatic heterocycles. The highest BCUT2D eigenvalue weighted by molar-refractivity contribution is 5.95. The quantitative estimate of drug-likeness (QED) is 0.463. The average Bonchev–Trinajstić information content (AvgIpc) is 2.72. The van der Waals surface area contributed by atoms with E-state index in [-0.39, 0.29) is 12.1 Å². The minimum atomic E-state index is -0.753. The van der Waals surface area contributed by atoms with E-state index in [2.05, 4.69) is 11.8 Å². The molecule has 0 N–H and O–H groups in total. The fraction of sp³-hybridized carbons (Fsp3) is 0.150. The summed E-state index contributed by atoms with van der Waals surface area (Å²) in [4.78, 5) is 34.6. The SMILES string of the molecule is O=C(c1cc([N+](=O)[O-])cc([N+](=O)[O-])c1)N1CC=C(C#Cc2ccccc2)CC1. The van der Waals surface area contributed by atoms with E-state index >= 15 is 0 Å². The zero-order valence-electron chi connectivity index (χ0n) is 14.7. The second-order valence-corrected chi connectivity index (χ2v) is 6.10. The third-order valence-corrected chi connectivity index (χ3v) is 4.21. The molecule has 0 unspecified atom stereocenters. The molecule has 0 saturated heterocycles. The van der Waals surface area contributed by atoms with E-state index < -0.39 is 27.1 Å². The smallest absolute Gasteiger partial charge is 0.277 e.